The number of nitrogens with one attached hydrogen (secondary N) is 1. The highest BCUT2D eigenvalue weighted by Crippen LogP contribution is 2.49. The van der Waals surface area contributed by atoms with Gasteiger partial charge in [-0.25, -0.2) is 4.79 Å². The zero-order valence-electron chi connectivity index (χ0n) is 12.9. The van der Waals surface area contributed by atoms with E-state index in [1.165, 1.54) is 25.7 Å². The van der Waals surface area contributed by atoms with Crippen molar-refractivity contribution < 1.29 is 14.7 Å². The molecule has 4 heteroatoms. The molecule has 4 nitrogen and oxygen atoms in total. The molecule has 0 radical (unpaired) electrons. The average molecular weight is 301 g/mol. The summed E-state index contributed by atoms with van der Waals surface area (Å²) in [6.07, 6.45) is 5.51. The number of amides is 1. The highest BCUT2D eigenvalue weighted by atomic mass is 16.4. The SMILES string of the molecule is CC(NC(=O)Cc1cccc(C(=O)O)c1)C1CC2CCC1C2. The Balaban J connectivity index is 1.56. The zero-order chi connectivity index (χ0) is 15.7. The monoisotopic (exact) mass is 301 g/mol. The van der Waals surface area contributed by atoms with E-state index in [0.29, 0.717) is 5.92 Å². The van der Waals surface area contributed by atoms with E-state index in [4.69, 9.17) is 5.11 Å². The maximum Gasteiger partial charge on any atom is 0.335 e. The van der Waals surface area contributed by atoms with Gasteiger partial charge >= 0.3 is 5.97 Å². The van der Waals surface area contributed by atoms with Gasteiger partial charge in [-0.2, -0.15) is 0 Å². The number of carbonyl (C=O) groups is 2. The van der Waals surface area contributed by atoms with E-state index in [1.807, 2.05) is 0 Å². The topological polar surface area (TPSA) is 66.4 Å². The Kier molecular flexibility index (Phi) is 4.19. The molecule has 118 valence electrons. The largest absolute Gasteiger partial charge is 0.478 e. The summed E-state index contributed by atoms with van der Waals surface area (Å²) in [5, 5.41) is 12.1. The van der Waals surface area contributed by atoms with E-state index in [1.54, 1.807) is 24.3 Å². The van der Waals surface area contributed by atoms with Crippen LogP contribution >= 0.6 is 0 Å². The predicted octanol–water partition coefficient (Wildman–Crippen LogP) is 2.87. The van der Waals surface area contributed by atoms with Crippen molar-refractivity contribution in [2.45, 2.75) is 45.1 Å². The molecule has 2 aliphatic carbocycles. The standard InChI is InChI=1S/C18H23NO3/c1-11(16-9-13-5-6-14(16)7-13)19-17(20)10-12-3-2-4-15(8-12)18(21)22/h2-4,8,11,13-14,16H,5-7,9-10H2,1H3,(H,19,20)(H,21,22). The molecule has 2 N–H and O–H groups in total. The summed E-state index contributed by atoms with van der Waals surface area (Å²) in [6, 6.07) is 6.82. The maximum atomic E-state index is 12.2. The van der Waals surface area contributed by atoms with Crippen LogP contribution in [0.15, 0.2) is 24.3 Å². The molecule has 0 aromatic heterocycles. The fourth-order valence-corrected chi connectivity index (χ4v) is 4.32. The van der Waals surface area contributed by atoms with Gasteiger partial charge in [0.05, 0.1) is 12.0 Å². The van der Waals surface area contributed by atoms with Crippen LogP contribution in [-0.2, 0) is 11.2 Å². The molecule has 4 unspecified atom stereocenters. The third kappa shape index (κ3) is 3.16. The van der Waals surface area contributed by atoms with Gasteiger partial charge in [-0.15, -0.1) is 0 Å². The van der Waals surface area contributed by atoms with Crippen LogP contribution < -0.4 is 5.32 Å². The second kappa shape index (κ2) is 6.11. The van der Waals surface area contributed by atoms with Crippen LogP contribution in [0.1, 0.15) is 48.5 Å². The fraction of sp³-hybridized carbons (Fsp3) is 0.556. The third-order valence-corrected chi connectivity index (χ3v) is 5.36. The van der Waals surface area contributed by atoms with Crippen molar-refractivity contribution in [3.8, 4) is 0 Å². The molecular formula is C18H23NO3. The first-order chi connectivity index (χ1) is 10.5. The zero-order valence-corrected chi connectivity index (χ0v) is 12.9. The number of hydrogen-bond acceptors (Lipinski definition) is 2. The number of carbonyl (C=O) groups excluding carboxylic acids is 1. The molecule has 2 fully saturated rings. The van der Waals surface area contributed by atoms with Crippen LogP contribution in [0.5, 0.6) is 0 Å². The van der Waals surface area contributed by atoms with Crippen molar-refractivity contribution in [1.82, 2.24) is 5.32 Å². The van der Waals surface area contributed by atoms with E-state index in [9.17, 15) is 9.59 Å². The van der Waals surface area contributed by atoms with Gasteiger partial charge in [-0.05, 0) is 61.6 Å². The van der Waals surface area contributed by atoms with E-state index in [2.05, 4.69) is 12.2 Å². The van der Waals surface area contributed by atoms with Crippen molar-refractivity contribution >= 4 is 11.9 Å². The number of aromatic carboxylic acids is 1. The number of fused-ring (bicyclic) bond motifs is 2. The van der Waals surface area contributed by atoms with Crippen LogP contribution in [0.3, 0.4) is 0 Å². The van der Waals surface area contributed by atoms with Crippen LogP contribution in [0.25, 0.3) is 0 Å². The smallest absolute Gasteiger partial charge is 0.335 e. The van der Waals surface area contributed by atoms with Gasteiger partial charge in [0.1, 0.15) is 0 Å². The Morgan fingerprint density at radius 1 is 1.32 bits per heavy atom. The molecule has 0 saturated heterocycles. The van der Waals surface area contributed by atoms with Crippen molar-refractivity contribution in [2.75, 3.05) is 0 Å². The minimum absolute atomic E-state index is 0.0159. The molecule has 1 aromatic carbocycles. The quantitative estimate of drug-likeness (QED) is 0.879. The molecule has 0 aliphatic heterocycles. The molecule has 0 spiro atoms. The maximum absolute atomic E-state index is 12.2. The Labute approximate surface area is 130 Å². The Morgan fingerprint density at radius 2 is 2.14 bits per heavy atom. The molecule has 22 heavy (non-hydrogen) atoms. The van der Waals surface area contributed by atoms with Crippen LogP contribution in [-0.4, -0.2) is 23.0 Å². The predicted molar refractivity (Wildman–Crippen MR) is 83.6 cm³/mol. The second-order valence-corrected chi connectivity index (χ2v) is 6.88. The summed E-state index contributed by atoms with van der Waals surface area (Å²) in [5.74, 6) is 1.31. The van der Waals surface area contributed by atoms with E-state index < -0.39 is 5.97 Å². The lowest BCUT2D eigenvalue weighted by molar-refractivity contribution is -0.121. The molecule has 0 heterocycles. The number of carboxylic acid groups (broad SMARTS) is 1. The summed E-state index contributed by atoms with van der Waals surface area (Å²) in [7, 11) is 0. The number of hydrogen-bond donors (Lipinski definition) is 2. The molecule has 1 aromatic rings. The number of benzene rings is 1. The van der Waals surface area contributed by atoms with Gasteiger partial charge in [-0.3, -0.25) is 4.79 Å². The molecular weight excluding hydrogens is 278 g/mol. The molecule has 4 atom stereocenters. The minimum Gasteiger partial charge on any atom is -0.478 e. The van der Waals surface area contributed by atoms with E-state index >= 15 is 0 Å². The Morgan fingerprint density at radius 3 is 2.77 bits per heavy atom. The van der Waals surface area contributed by atoms with E-state index in [0.717, 1.165) is 17.4 Å². The van der Waals surface area contributed by atoms with Gasteiger partial charge in [0.15, 0.2) is 0 Å². The van der Waals surface area contributed by atoms with Gasteiger partial charge in [-0.1, -0.05) is 18.6 Å². The van der Waals surface area contributed by atoms with Crippen molar-refractivity contribution in [2.24, 2.45) is 17.8 Å². The number of rotatable bonds is 5. The Hall–Kier alpha value is -1.84. The van der Waals surface area contributed by atoms with Gasteiger partial charge in [0.2, 0.25) is 5.91 Å². The lowest BCUT2D eigenvalue weighted by atomic mass is 9.84. The first-order valence-corrected chi connectivity index (χ1v) is 8.14. The summed E-state index contributed by atoms with van der Waals surface area (Å²) in [5.41, 5.74) is 0.976. The fourth-order valence-electron chi connectivity index (χ4n) is 4.32. The summed E-state index contributed by atoms with van der Waals surface area (Å²) < 4.78 is 0. The van der Waals surface area contributed by atoms with Crippen LogP contribution in [0, 0.1) is 17.8 Å². The lowest BCUT2D eigenvalue weighted by Crippen LogP contribution is -2.40. The van der Waals surface area contributed by atoms with E-state index in [-0.39, 0.29) is 23.9 Å². The first kappa shape index (κ1) is 15.1. The normalized spacial score (nSPS) is 27.6. The Bertz CT molecular complexity index is 583. The molecule has 1 amide bonds. The second-order valence-electron chi connectivity index (χ2n) is 6.88. The molecule has 2 bridgehead atoms. The minimum atomic E-state index is -0.961. The lowest BCUT2D eigenvalue weighted by Gasteiger charge is -2.28. The van der Waals surface area contributed by atoms with Crippen LogP contribution in [0.4, 0.5) is 0 Å². The highest BCUT2D eigenvalue weighted by Gasteiger charge is 2.42. The average Bonchev–Trinajstić information content (AvgIpc) is 3.10. The molecule has 2 saturated carbocycles. The third-order valence-electron chi connectivity index (χ3n) is 5.36. The van der Waals surface area contributed by atoms with Gasteiger partial charge in [0.25, 0.3) is 0 Å². The van der Waals surface area contributed by atoms with Gasteiger partial charge in [0, 0.05) is 6.04 Å². The van der Waals surface area contributed by atoms with Gasteiger partial charge < -0.3 is 10.4 Å². The summed E-state index contributed by atoms with van der Waals surface area (Å²) in [6.45, 7) is 2.11. The molecule has 3 rings (SSSR count). The highest BCUT2D eigenvalue weighted by molar-refractivity contribution is 5.88. The van der Waals surface area contributed by atoms with Crippen molar-refractivity contribution in [3.63, 3.8) is 0 Å². The number of carboxylic acids is 1. The first-order valence-electron chi connectivity index (χ1n) is 8.14. The van der Waals surface area contributed by atoms with Crippen molar-refractivity contribution in [1.29, 1.82) is 0 Å². The van der Waals surface area contributed by atoms with Crippen molar-refractivity contribution in [3.05, 3.63) is 35.4 Å². The summed E-state index contributed by atoms with van der Waals surface area (Å²) in [4.78, 5) is 23.2. The molecule has 2 aliphatic rings. The summed E-state index contributed by atoms with van der Waals surface area (Å²) >= 11 is 0. The van der Waals surface area contributed by atoms with Crippen LogP contribution in [0.2, 0.25) is 0 Å².